The minimum absolute atomic E-state index is 0.416. The Kier molecular flexibility index (Phi) is 2.22. The van der Waals surface area contributed by atoms with Gasteiger partial charge in [0.05, 0.1) is 17.7 Å². The number of urea groups is 1. The molecule has 1 aromatic rings. The molecule has 0 unspecified atom stereocenters. The average molecular weight is 157 g/mol. The molecule has 0 aliphatic heterocycles. The number of amides is 2. The van der Waals surface area contributed by atoms with E-state index in [1.807, 2.05) is 5.38 Å². The summed E-state index contributed by atoms with van der Waals surface area (Å²) in [6.07, 6.45) is 0. The van der Waals surface area contributed by atoms with Crippen LogP contribution in [0, 0.1) is 0 Å². The molecule has 1 rings (SSSR count). The molecule has 0 fully saturated rings. The zero-order valence-electron chi connectivity index (χ0n) is 5.20. The number of thiazole rings is 1. The third-order valence-corrected chi connectivity index (χ3v) is 1.56. The van der Waals surface area contributed by atoms with Gasteiger partial charge in [0.2, 0.25) is 0 Å². The minimum Gasteiger partial charge on any atom is -0.352 e. The molecule has 0 saturated heterocycles. The van der Waals surface area contributed by atoms with Gasteiger partial charge in [0.1, 0.15) is 0 Å². The van der Waals surface area contributed by atoms with Crippen LogP contribution in [0.1, 0.15) is 5.69 Å². The summed E-state index contributed by atoms with van der Waals surface area (Å²) in [7, 11) is 0. The summed E-state index contributed by atoms with van der Waals surface area (Å²) in [6.45, 7) is 0.416. The third-order valence-electron chi connectivity index (χ3n) is 0.927. The second kappa shape index (κ2) is 3.17. The number of hydrogen-bond donors (Lipinski definition) is 2. The number of carbonyl (C=O) groups excluding carboxylic acids is 1. The molecule has 1 aromatic heterocycles. The number of carbonyl (C=O) groups is 1. The lowest BCUT2D eigenvalue weighted by molar-refractivity contribution is 0.248. The maximum atomic E-state index is 10.2. The number of nitrogens with one attached hydrogen (secondary N) is 1. The van der Waals surface area contributed by atoms with Gasteiger partial charge in [-0.05, 0) is 0 Å². The third kappa shape index (κ3) is 2.02. The van der Waals surface area contributed by atoms with E-state index < -0.39 is 6.03 Å². The first kappa shape index (κ1) is 7.01. The Labute approximate surface area is 62.1 Å². The van der Waals surface area contributed by atoms with Gasteiger partial charge in [0, 0.05) is 5.38 Å². The van der Waals surface area contributed by atoms with Crippen molar-refractivity contribution in [1.82, 2.24) is 10.3 Å². The van der Waals surface area contributed by atoms with Gasteiger partial charge < -0.3 is 11.1 Å². The first-order valence-corrected chi connectivity index (χ1v) is 3.63. The van der Waals surface area contributed by atoms with Crippen LogP contribution in [0.4, 0.5) is 4.79 Å². The van der Waals surface area contributed by atoms with Gasteiger partial charge in [-0.3, -0.25) is 0 Å². The lowest BCUT2D eigenvalue weighted by atomic mass is 10.5. The van der Waals surface area contributed by atoms with E-state index in [0.717, 1.165) is 5.69 Å². The Morgan fingerprint density at radius 2 is 2.70 bits per heavy atom. The molecule has 4 nitrogen and oxygen atoms in total. The molecule has 0 aromatic carbocycles. The van der Waals surface area contributed by atoms with Crippen LogP contribution in [0.5, 0.6) is 0 Å². The standard InChI is InChI=1S/C5H7N3OS/c6-5(9)7-1-4-2-10-3-8-4/h2-3H,1H2,(H3,6,7,9). The highest BCUT2D eigenvalue weighted by Crippen LogP contribution is 1.98. The highest BCUT2D eigenvalue weighted by Gasteiger charge is 1.94. The zero-order valence-corrected chi connectivity index (χ0v) is 6.02. The van der Waals surface area contributed by atoms with E-state index >= 15 is 0 Å². The lowest BCUT2D eigenvalue weighted by Gasteiger charge is -1.95. The first-order valence-electron chi connectivity index (χ1n) is 2.69. The largest absolute Gasteiger partial charge is 0.352 e. The molecule has 0 radical (unpaired) electrons. The summed E-state index contributed by atoms with van der Waals surface area (Å²) in [5.41, 5.74) is 7.38. The molecule has 1 heterocycles. The molecule has 0 spiro atoms. The maximum Gasteiger partial charge on any atom is 0.312 e. The molecule has 5 heteroatoms. The monoisotopic (exact) mass is 157 g/mol. The molecule has 3 N–H and O–H groups in total. The van der Waals surface area contributed by atoms with Gasteiger partial charge in [-0.25, -0.2) is 9.78 Å². The van der Waals surface area contributed by atoms with Gasteiger partial charge in [0.15, 0.2) is 0 Å². The molecule has 0 atom stereocenters. The zero-order chi connectivity index (χ0) is 7.40. The summed E-state index contributed by atoms with van der Waals surface area (Å²) >= 11 is 1.49. The van der Waals surface area contributed by atoms with E-state index in [1.165, 1.54) is 11.3 Å². The van der Waals surface area contributed by atoms with Crippen molar-refractivity contribution in [3.05, 3.63) is 16.6 Å². The molecule has 0 aliphatic rings. The fourth-order valence-electron chi connectivity index (χ4n) is 0.503. The van der Waals surface area contributed by atoms with Gasteiger partial charge in [-0.15, -0.1) is 11.3 Å². The van der Waals surface area contributed by atoms with Crippen LogP contribution in [0.3, 0.4) is 0 Å². The normalized spacial score (nSPS) is 9.20. The van der Waals surface area contributed by atoms with Crippen molar-refractivity contribution >= 4 is 17.4 Å². The first-order chi connectivity index (χ1) is 4.79. The molecule has 0 saturated carbocycles. The fraction of sp³-hybridized carbons (Fsp3) is 0.200. The topological polar surface area (TPSA) is 68.0 Å². The summed E-state index contributed by atoms with van der Waals surface area (Å²) < 4.78 is 0. The van der Waals surface area contributed by atoms with Crippen LogP contribution in [-0.4, -0.2) is 11.0 Å². The number of hydrogen-bond acceptors (Lipinski definition) is 3. The molecule has 0 aliphatic carbocycles. The fourth-order valence-corrected chi connectivity index (χ4v) is 1.06. The molecule has 54 valence electrons. The van der Waals surface area contributed by atoms with Crippen molar-refractivity contribution < 1.29 is 4.79 Å². The summed E-state index contributed by atoms with van der Waals surface area (Å²) in [4.78, 5) is 14.1. The Morgan fingerprint density at radius 1 is 1.90 bits per heavy atom. The predicted molar refractivity (Wildman–Crippen MR) is 38.5 cm³/mol. The van der Waals surface area contributed by atoms with Crippen LogP contribution >= 0.6 is 11.3 Å². The highest BCUT2D eigenvalue weighted by molar-refractivity contribution is 7.07. The average Bonchev–Trinajstić information content (AvgIpc) is 2.34. The molecular weight excluding hydrogens is 150 g/mol. The van der Waals surface area contributed by atoms with Crippen molar-refractivity contribution in [3.63, 3.8) is 0 Å². The number of aromatic nitrogens is 1. The van der Waals surface area contributed by atoms with Gasteiger partial charge >= 0.3 is 6.03 Å². The van der Waals surface area contributed by atoms with E-state index in [2.05, 4.69) is 10.3 Å². The Hall–Kier alpha value is -1.10. The van der Waals surface area contributed by atoms with Crippen molar-refractivity contribution in [2.45, 2.75) is 6.54 Å². The number of primary amides is 1. The second-order valence-electron chi connectivity index (χ2n) is 1.70. The SMILES string of the molecule is NC(=O)NCc1cscn1. The van der Waals surface area contributed by atoms with Crippen LogP contribution < -0.4 is 11.1 Å². The lowest BCUT2D eigenvalue weighted by Crippen LogP contribution is -2.28. The maximum absolute atomic E-state index is 10.2. The van der Waals surface area contributed by atoms with Crippen LogP contribution in [0.15, 0.2) is 10.9 Å². The highest BCUT2D eigenvalue weighted by atomic mass is 32.1. The van der Waals surface area contributed by atoms with Crippen molar-refractivity contribution in [3.8, 4) is 0 Å². The van der Waals surface area contributed by atoms with E-state index in [9.17, 15) is 4.79 Å². The Balaban J connectivity index is 2.35. The number of nitrogens with zero attached hydrogens (tertiary/aromatic N) is 1. The van der Waals surface area contributed by atoms with Crippen LogP contribution in [0.2, 0.25) is 0 Å². The van der Waals surface area contributed by atoms with Gasteiger partial charge in [-0.2, -0.15) is 0 Å². The molecule has 0 bridgehead atoms. The minimum atomic E-state index is -0.520. The smallest absolute Gasteiger partial charge is 0.312 e. The Bertz CT molecular complexity index is 209. The second-order valence-corrected chi connectivity index (χ2v) is 2.42. The van der Waals surface area contributed by atoms with Crippen molar-refractivity contribution in [2.75, 3.05) is 0 Å². The quantitative estimate of drug-likeness (QED) is 0.648. The van der Waals surface area contributed by atoms with Gasteiger partial charge in [-0.1, -0.05) is 0 Å². The van der Waals surface area contributed by atoms with E-state index in [0.29, 0.717) is 6.54 Å². The molecular formula is C5H7N3OS. The summed E-state index contributed by atoms with van der Waals surface area (Å²) in [5.74, 6) is 0. The van der Waals surface area contributed by atoms with E-state index in [1.54, 1.807) is 5.51 Å². The van der Waals surface area contributed by atoms with E-state index in [-0.39, 0.29) is 0 Å². The number of nitrogens with two attached hydrogens (primary N) is 1. The van der Waals surface area contributed by atoms with E-state index in [4.69, 9.17) is 5.73 Å². The predicted octanol–water partition coefficient (Wildman–Crippen LogP) is 0.311. The summed E-state index contributed by atoms with van der Waals surface area (Å²) in [5, 5.41) is 4.29. The van der Waals surface area contributed by atoms with Crippen molar-refractivity contribution in [1.29, 1.82) is 0 Å². The van der Waals surface area contributed by atoms with Gasteiger partial charge in [0.25, 0.3) is 0 Å². The van der Waals surface area contributed by atoms with Crippen LogP contribution in [0.25, 0.3) is 0 Å². The van der Waals surface area contributed by atoms with Crippen molar-refractivity contribution in [2.24, 2.45) is 5.73 Å². The summed E-state index contributed by atoms with van der Waals surface area (Å²) in [6, 6.07) is -0.520. The number of rotatable bonds is 2. The molecule has 10 heavy (non-hydrogen) atoms. The Morgan fingerprint density at radius 3 is 3.20 bits per heavy atom. The van der Waals surface area contributed by atoms with Crippen LogP contribution in [-0.2, 0) is 6.54 Å². The molecule has 2 amide bonds.